The molecule has 0 aliphatic rings. The normalized spacial score (nSPS) is 15.0. The molecule has 1 rings (SSSR count). The molecule has 14 atom stereocenters. The number of nitrogens with one attached hydrogen (secondary N) is 14. The van der Waals surface area contributed by atoms with Crippen molar-refractivity contribution in [3.8, 4) is 5.75 Å². The van der Waals surface area contributed by atoms with Gasteiger partial charge >= 0.3 is 5.97 Å². The number of carboxylic acid groups (broad SMARTS) is 1. The van der Waals surface area contributed by atoms with Gasteiger partial charge in [-0.15, -0.1) is 0 Å². The molecule has 27 N–H and O–H groups in total. The zero-order valence-corrected chi connectivity index (χ0v) is 68.0. The van der Waals surface area contributed by atoms with Gasteiger partial charge in [0.1, 0.15) is 84.8 Å². The van der Waals surface area contributed by atoms with Crippen molar-refractivity contribution < 1.29 is 87.2 Å². The molecule has 0 fully saturated rings. The van der Waals surface area contributed by atoms with Gasteiger partial charge in [0.05, 0.1) is 19.2 Å². The molecule has 0 spiro atoms. The Bertz CT molecular complexity index is 3120. The van der Waals surface area contributed by atoms with E-state index in [0.29, 0.717) is 87.9 Å². The number of phenolic OH excluding ortho intramolecular Hbond substituents is 1. The van der Waals surface area contributed by atoms with Gasteiger partial charge in [-0.05, 0) is 170 Å². The molecular formula is C70H123N19O18S4. The van der Waals surface area contributed by atoms with E-state index in [4.69, 9.17) is 33.8 Å². The molecule has 37 nitrogen and oxygen atoms in total. The number of carbonyl (C=O) groups is 15. The van der Waals surface area contributed by atoms with E-state index in [9.17, 15) is 82.1 Å². The number of nitrogens with two attached hydrogens (primary N) is 5. The first kappa shape index (κ1) is 101. The standard InChI is InChI=1S/C70H123N19O18S4/c1-8-40(4)57(89-68(105)53(38-109)86-58(95)41(5)78-54(92)34-76-60(97)45(18-10-14-28-72)80-63(100)47(20-12-16-30-74)81-62(99)46(19-11-15-29-73)79-59(96)44(75)17-9-13-27-71)70(107)85-51(36-90)67(104)88-56(39(2)3)69(106)84-50(33-42-21-23-43(91)24-22-42)66(103)83-48(25-31-110-6)64(101)82-49(26-32-111-7)65(102)87-52(37-108)61(98)77-35-55(93)94/h21-24,39-41,44-53,56-57,90-91,108-109H,8-20,25-38,71-75H2,1-7H3,(H,76,97)(H,77,98)(H,78,92)(H,79,96)(H,80,100)(H,81,99)(H,82,101)(H,83,103)(H,84,106)(H,85,107)(H,86,95)(H,87,102)(H,88,104)(H,89,105)(H,93,94)/t40-,41-,44-,45-,46-,47-,48-,49-,50-,51-,52-,53-,56-,57-/m0/s1. The predicted molar refractivity (Wildman–Crippen MR) is 429 cm³/mol. The second-order valence-electron chi connectivity index (χ2n) is 27.0. The average molecular weight is 1650 g/mol. The van der Waals surface area contributed by atoms with Crippen molar-refractivity contribution in [3.63, 3.8) is 0 Å². The first-order valence-corrected chi connectivity index (χ1v) is 41.4. The van der Waals surface area contributed by atoms with Crippen LogP contribution in [0.25, 0.3) is 0 Å². The molecule has 1 aromatic carbocycles. The maximum absolute atomic E-state index is 14.5. The Kier molecular flexibility index (Phi) is 52.2. The predicted octanol–water partition coefficient (Wildman–Crippen LogP) is -5.01. The minimum Gasteiger partial charge on any atom is -0.508 e. The molecule has 0 heterocycles. The molecular weight excluding hydrogens is 1520 g/mol. The average Bonchev–Trinajstić information content (AvgIpc) is 0.848. The van der Waals surface area contributed by atoms with E-state index in [1.54, 1.807) is 40.2 Å². The van der Waals surface area contributed by atoms with Crippen molar-refractivity contribution in [2.24, 2.45) is 40.5 Å². The number of phenols is 1. The first-order valence-electron chi connectivity index (χ1n) is 37.3. The summed E-state index contributed by atoms with van der Waals surface area (Å²) < 4.78 is 0. The van der Waals surface area contributed by atoms with Crippen molar-refractivity contribution in [2.75, 3.05) is 81.4 Å². The van der Waals surface area contributed by atoms with E-state index in [-0.39, 0.29) is 75.3 Å². The summed E-state index contributed by atoms with van der Waals surface area (Å²) in [4.78, 5) is 205. The fraction of sp³-hybridized carbons (Fsp3) is 0.700. The van der Waals surface area contributed by atoms with E-state index in [0.717, 1.165) is 0 Å². The highest BCUT2D eigenvalue weighted by atomic mass is 32.2. The Balaban J connectivity index is 3.35. The van der Waals surface area contributed by atoms with E-state index in [1.165, 1.54) is 54.7 Å². The summed E-state index contributed by atoms with van der Waals surface area (Å²) in [5.41, 5.74) is 29.4. The van der Waals surface area contributed by atoms with Gasteiger partial charge < -0.3 is 118 Å². The minimum atomic E-state index is -1.76. The van der Waals surface area contributed by atoms with Gasteiger partial charge in [0, 0.05) is 17.9 Å². The first-order chi connectivity index (χ1) is 52.7. The monoisotopic (exact) mass is 1650 g/mol. The van der Waals surface area contributed by atoms with Gasteiger partial charge in [0.2, 0.25) is 82.7 Å². The summed E-state index contributed by atoms with van der Waals surface area (Å²) in [6.07, 6.45) is 8.25. The van der Waals surface area contributed by atoms with Crippen LogP contribution in [0.4, 0.5) is 0 Å². The molecule has 14 amide bonds. The van der Waals surface area contributed by atoms with Crippen LogP contribution in [0.1, 0.15) is 136 Å². The number of carboxylic acids is 1. The molecule has 1 aromatic rings. The largest absolute Gasteiger partial charge is 0.508 e. The number of aliphatic hydroxyl groups excluding tert-OH is 1. The molecule has 0 saturated carbocycles. The number of hydrogen-bond acceptors (Lipinski definition) is 26. The number of thioether (sulfide) groups is 2. The maximum atomic E-state index is 14.5. The van der Waals surface area contributed by atoms with Crippen LogP contribution in [0.15, 0.2) is 24.3 Å². The van der Waals surface area contributed by atoms with Crippen molar-refractivity contribution in [1.82, 2.24) is 74.4 Å². The molecule has 111 heavy (non-hydrogen) atoms. The number of carbonyl (C=O) groups excluding carboxylic acids is 14. The summed E-state index contributed by atoms with van der Waals surface area (Å²) in [7, 11) is 0. The third-order valence-corrected chi connectivity index (χ3v) is 19.7. The number of aliphatic hydroxyl groups is 1. The lowest BCUT2D eigenvalue weighted by Crippen LogP contribution is -2.62. The molecule has 41 heteroatoms. The highest BCUT2D eigenvalue weighted by Gasteiger charge is 2.38. The van der Waals surface area contributed by atoms with Gasteiger partial charge in [-0.25, -0.2) is 0 Å². The lowest BCUT2D eigenvalue weighted by Gasteiger charge is -2.30. The Morgan fingerprint density at radius 2 is 0.766 bits per heavy atom. The fourth-order valence-corrected chi connectivity index (χ4v) is 12.2. The van der Waals surface area contributed by atoms with E-state index < -0.39 is 199 Å². The van der Waals surface area contributed by atoms with E-state index in [2.05, 4.69) is 99.7 Å². The Morgan fingerprint density at radius 3 is 1.20 bits per heavy atom. The third kappa shape index (κ3) is 40.0. The second-order valence-corrected chi connectivity index (χ2v) is 29.7. The zero-order valence-electron chi connectivity index (χ0n) is 64.6. The third-order valence-electron chi connectivity index (χ3n) is 17.6. The molecule has 0 aliphatic heterocycles. The number of benzene rings is 1. The van der Waals surface area contributed by atoms with Crippen molar-refractivity contribution >= 4 is 137 Å². The number of aliphatic carboxylic acids is 1. The molecule has 0 unspecified atom stereocenters. The molecule has 0 aliphatic carbocycles. The van der Waals surface area contributed by atoms with Crippen LogP contribution >= 0.6 is 48.8 Å². The van der Waals surface area contributed by atoms with Crippen LogP contribution in [-0.2, 0) is 78.3 Å². The number of aromatic hydroxyl groups is 1. The number of unbranched alkanes of at least 4 members (excludes halogenated alkanes) is 4. The van der Waals surface area contributed by atoms with Gasteiger partial charge in [0.15, 0.2) is 0 Å². The van der Waals surface area contributed by atoms with Crippen molar-refractivity contribution in [3.05, 3.63) is 29.8 Å². The number of rotatable bonds is 59. The number of amides is 14. The van der Waals surface area contributed by atoms with Gasteiger partial charge in [0.25, 0.3) is 0 Å². The molecule has 0 aromatic heterocycles. The Labute approximate surface area is 669 Å². The van der Waals surface area contributed by atoms with Crippen LogP contribution in [0.3, 0.4) is 0 Å². The highest BCUT2D eigenvalue weighted by molar-refractivity contribution is 7.98. The van der Waals surface area contributed by atoms with Gasteiger partial charge in [-0.2, -0.15) is 48.8 Å². The molecule has 0 bridgehead atoms. The molecule has 0 saturated heterocycles. The number of thiol groups is 2. The lowest BCUT2D eigenvalue weighted by molar-refractivity contribution is -0.138. The Hall–Kier alpha value is -7.77. The highest BCUT2D eigenvalue weighted by Crippen LogP contribution is 2.16. The summed E-state index contributed by atoms with van der Waals surface area (Å²) in [5, 5.41) is 65.3. The molecule has 0 radical (unpaired) electrons. The fourth-order valence-electron chi connectivity index (χ4n) is 10.7. The lowest BCUT2D eigenvalue weighted by atomic mass is 9.97. The van der Waals surface area contributed by atoms with Crippen LogP contribution in [-0.4, -0.2) is 264 Å². The van der Waals surface area contributed by atoms with Crippen LogP contribution < -0.4 is 103 Å². The number of hydrogen-bond donors (Lipinski definition) is 24. The van der Waals surface area contributed by atoms with Crippen molar-refractivity contribution in [2.45, 2.75) is 216 Å². The smallest absolute Gasteiger partial charge is 0.322 e. The quantitative estimate of drug-likeness (QED) is 0.0214. The van der Waals surface area contributed by atoms with Crippen LogP contribution in [0.2, 0.25) is 0 Å². The summed E-state index contributed by atoms with van der Waals surface area (Å²) >= 11 is 11.1. The topological polar surface area (TPSA) is 615 Å². The van der Waals surface area contributed by atoms with E-state index >= 15 is 0 Å². The van der Waals surface area contributed by atoms with Crippen LogP contribution in [0.5, 0.6) is 5.75 Å². The second kappa shape index (κ2) is 57.3. The van der Waals surface area contributed by atoms with E-state index in [1.807, 2.05) is 0 Å². The zero-order chi connectivity index (χ0) is 83.7. The minimum absolute atomic E-state index is 0.0151. The summed E-state index contributed by atoms with van der Waals surface area (Å²) in [5.74, 6) is -14.5. The van der Waals surface area contributed by atoms with Gasteiger partial charge in [-0.1, -0.05) is 52.7 Å². The summed E-state index contributed by atoms with van der Waals surface area (Å²) in [6, 6.07) is -11.6. The van der Waals surface area contributed by atoms with Crippen molar-refractivity contribution in [1.29, 1.82) is 0 Å². The van der Waals surface area contributed by atoms with Gasteiger partial charge in [-0.3, -0.25) is 71.9 Å². The summed E-state index contributed by atoms with van der Waals surface area (Å²) in [6.45, 7) is 6.52. The SMILES string of the molecule is CC[C@H](C)[C@H](NC(=O)[C@H](CS)NC(=O)[C@H](C)NC(=O)CNC(=O)[C@H](CCCCN)NC(=O)[C@H](CCCCN)NC(=O)[C@H](CCCCN)NC(=O)[C@@H](N)CCCCN)C(=O)N[C@@H](CO)C(=O)N[C@H](C(=O)N[C@@H](Cc1ccc(O)cc1)C(=O)N[C@@H](CCSC)C(=O)N[C@@H](CCSC)C(=O)N[C@@H](CS)C(=O)NCC(=O)O)C(C)C. The Morgan fingerprint density at radius 1 is 0.414 bits per heavy atom. The van der Waals surface area contributed by atoms with Crippen LogP contribution in [0, 0.1) is 11.8 Å². The maximum Gasteiger partial charge on any atom is 0.322 e. The molecule has 630 valence electrons.